The lowest BCUT2D eigenvalue weighted by molar-refractivity contribution is -0.384. The summed E-state index contributed by atoms with van der Waals surface area (Å²) in [4.78, 5) is 23.8. The minimum atomic E-state index is -0.537. The van der Waals surface area contributed by atoms with Gasteiger partial charge in [-0.3, -0.25) is 19.6 Å². The van der Waals surface area contributed by atoms with Crippen molar-refractivity contribution in [2.24, 2.45) is 0 Å². The number of nitrogens with zero attached hydrogens (tertiary/aromatic N) is 3. The van der Waals surface area contributed by atoms with Gasteiger partial charge in [-0.15, -0.1) is 0 Å². The van der Waals surface area contributed by atoms with E-state index < -0.39 is 10.8 Å². The summed E-state index contributed by atoms with van der Waals surface area (Å²) >= 11 is 3.50. The van der Waals surface area contributed by atoms with Crippen LogP contribution in [0.2, 0.25) is 0 Å². The van der Waals surface area contributed by atoms with Crippen LogP contribution < -0.4 is 10.1 Å². The highest BCUT2D eigenvalue weighted by atomic mass is 79.9. The Balaban J connectivity index is 1.55. The van der Waals surface area contributed by atoms with Gasteiger partial charge >= 0.3 is 0 Å². The number of ether oxygens (including phenoxy) is 1. The Kier molecular flexibility index (Phi) is 6.98. The number of hydrogen-bond donors (Lipinski definition) is 1. The van der Waals surface area contributed by atoms with Gasteiger partial charge in [0.1, 0.15) is 17.3 Å². The van der Waals surface area contributed by atoms with Crippen LogP contribution in [0.1, 0.15) is 44.4 Å². The van der Waals surface area contributed by atoms with Crippen molar-refractivity contribution >= 4 is 33.2 Å². The number of carbonyl (C=O) groups excluding carboxylic acids is 1. The number of benzene rings is 2. The van der Waals surface area contributed by atoms with Crippen molar-refractivity contribution in [1.29, 1.82) is 0 Å². The Labute approximate surface area is 216 Å². The second kappa shape index (κ2) is 9.98. The molecule has 1 amide bonds. The Morgan fingerprint density at radius 3 is 2.56 bits per heavy atom. The fourth-order valence-electron chi connectivity index (χ4n) is 3.81. The summed E-state index contributed by atoms with van der Waals surface area (Å²) in [7, 11) is 0. The third-order valence-electron chi connectivity index (χ3n) is 5.84. The summed E-state index contributed by atoms with van der Waals surface area (Å²) < 4.78 is 14.4. The van der Waals surface area contributed by atoms with Crippen LogP contribution in [0.15, 0.2) is 51.4 Å². The van der Waals surface area contributed by atoms with Crippen molar-refractivity contribution < 1.29 is 18.9 Å². The first kappa shape index (κ1) is 25.2. The zero-order valence-electron chi connectivity index (χ0n) is 20.5. The first-order valence-corrected chi connectivity index (χ1v) is 12.0. The second-order valence-electron chi connectivity index (χ2n) is 8.64. The van der Waals surface area contributed by atoms with Gasteiger partial charge in [0.05, 0.1) is 39.1 Å². The average Bonchev–Trinajstić information content (AvgIpc) is 3.37. The van der Waals surface area contributed by atoms with E-state index in [9.17, 15) is 14.9 Å². The Hall–Kier alpha value is -3.92. The molecule has 0 aliphatic rings. The van der Waals surface area contributed by atoms with Gasteiger partial charge < -0.3 is 14.5 Å². The van der Waals surface area contributed by atoms with Crippen molar-refractivity contribution in [3.63, 3.8) is 0 Å². The first-order valence-electron chi connectivity index (χ1n) is 11.2. The highest BCUT2D eigenvalue weighted by Crippen LogP contribution is 2.33. The van der Waals surface area contributed by atoms with E-state index in [1.165, 1.54) is 12.1 Å². The topological polar surface area (TPSA) is 112 Å². The second-order valence-corrected chi connectivity index (χ2v) is 9.44. The van der Waals surface area contributed by atoms with E-state index >= 15 is 0 Å². The van der Waals surface area contributed by atoms with Crippen LogP contribution in [0.25, 0.3) is 0 Å². The van der Waals surface area contributed by atoms with Crippen molar-refractivity contribution in [3.05, 3.63) is 96.7 Å². The molecule has 0 radical (unpaired) electrons. The minimum absolute atomic E-state index is 0.0738. The number of anilines is 1. The fourth-order valence-corrected chi connectivity index (χ4v) is 4.09. The summed E-state index contributed by atoms with van der Waals surface area (Å²) in [5.74, 6) is 0.917. The minimum Gasteiger partial charge on any atom is -0.457 e. The van der Waals surface area contributed by atoms with Gasteiger partial charge in [-0.05, 0) is 85.4 Å². The SMILES string of the molecule is Cc1cc(C)c(C)c(Oc2cc(NC(=O)c3ccc(Cn4nc(C)c(Br)c4C)o3)cc([N+](=O)[O-])c2)c1. The third kappa shape index (κ3) is 5.33. The van der Waals surface area contributed by atoms with Crippen LogP contribution in [0.5, 0.6) is 11.5 Å². The van der Waals surface area contributed by atoms with Gasteiger partial charge in [-0.2, -0.15) is 5.10 Å². The predicted molar refractivity (Wildman–Crippen MR) is 139 cm³/mol. The maximum atomic E-state index is 12.9. The summed E-state index contributed by atoms with van der Waals surface area (Å²) in [6.07, 6.45) is 0. The van der Waals surface area contributed by atoms with Crippen molar-refractivity contribution in [2.45, 2.75) is 41.2 Å². The summed E-state index contributed by atoms with van der Waals surface area (Å²) in [5, 5.41) is 18.6. The van der Waals surface area contributed by atoms with Crippen LogP contribution in [0.3, 0.4) is 0 Å². The normalized spacial score (nSPS) is 10.9. The summed E-state index contributed by atoms with van der Waals surface area (Å²) in [6, 6.07) is 11.3. The van der Waals surface area contributed by atoms with Gasteiger partial charge in [-0.1, -0.05) is 6.07 Å². The number of amides is 1. The van der Waals surface area contributed by atoms with E-state index in [4.69, 9.17) is 9.15 Å². The van der Waals surface area contributed by atoms with Crippen LogP contribution >= 0.6 is 15.9 Å². The van der Waals surface area contributed by atoms with Crippen molar-refractivity contribution in [3.8, 4) is 11.5 Å². The maximum Gasteiger partial charge on any atom is 0.291 e. The number of nitrogens with one attached hydrogen (secondary N) is 1. The van der Waals surface area contributed by atoms with Gasteiger partial charge in [0, 0.05) is 12.1 Å². The molecule has 4 rings (SSSR count). The molecule has 36 heavy (non-hydrogen) atoms. The molecule has 0 aliphatic heterocycles. The first-order chi connectivity index (χ1) is 17.0. The Morgan fingerprint density at radius 2 is 1.89 bits per heavy atom. The highest BCUT2D eigenvalue weighted by Gasteiger charge is 2.18. The number of rotatable bonds is 7. The molecule has 0 saturated heterocycles. The van der Waals surface area contributed by atoms with Crippen LogP contribution in [0, 0.1) is 44.7 Å². The Bertz CT molecular complexity index is 1490. The van der Waals surface area contributed by atoms with Crippen molar-refractivity contribution in [1.82, 2.24) is 9.78 Å². The molecule has 0 spiro atoms. The number of halogens is 1. The van der Waals surface area contributed by atoms with Crippen LogP contribution in [-0.4, -0.2) is 20.6 Å². The number of nitro benzene ring substituents is 1. The maximum absolute atomic E-state index is 12.9. The molecule has 2 heterocycles. The number of aromatic nitrogens is 2. The van der Waals surface area contributed by atoms with Gasteiger partial charge in [-0.25, -0.2) is 0 Å². The van der Waals surface area contributed by atoms with E-state index in [0.717, 1.165) is 32.6 Å². The number of nitro groups is 1. The molecule has 0 aliphatic carbocycles. The number of hydrogen-bond acceptors (Lipinski definition) is 6. The molecule has 10 heteroatoms. The zero-order chi connectivity index (χ0) is 26.1. The van der Waals surface area contributed by atoms with Gasteiger partial charge in [0.15, 0.2) is 5.76 Å². The van der Waals surface area contributed by atoms with E-state index in [0.29, 0.717) is 18.1 Å². The number of furan rings is 1. The molecular formula is C26H25BrN4O5. The monoisotopic (exact) mass is 552 g/mol. The van der Waals surface area contributed by atoms with E-state index in [1.54, 1.807) is 22.9 Å². The van der Waals surface area contributed by atoms with Gasteiger partial charge in [0.2, 0.25) is 0 Å². The fraction of sp³-hybridized carbons (Fsp3) is 0.231. The molecule has 0 fully saturated rings. The quantitative estimate of drug-likeness (QED) is 0.199. The lowest BCUT2D eigenvalue weighted by atomic mass is 10.1. The molecule has 0 unspecified atom stereocenters. The molecule has 9 nitrogen and oxygen atoms in total. The smallest absolute Gasteiger partial charge is 0.291 e. The molecule has 2 aromatic heterocycles. The number of non-ortho nitro benzene ring substituents is 1. The lowest BCUT2D eigenvalue weighted by Gasteiger charge is -2.13. The van der Waals surface area contributed by atoms with Crippen molar-refractivity contribution in [2.75, 3.05) is 5.32 Å². The molecule has 1 N–H and O–H groups in total. The molecule has 0 atom stereocenters. The molecule has 186 valence electrons. The summed E-state index contributed by atoms with van der Waals surface area (Å²) in [6.45, 7) is 10.0. The largest absolute Gasteiger partial charge is 0.457 e. The third-order valence-corrected chi connectivity index (χ3v) is 6.98. The molecule has 0 bridgehead atoms. The standard InChI is InChI=1S/C26H25BrN4O5/c1-14-8-15(2)16(3)24(9-14)36-22-11-19(10-20(12-22)31(33)34)28-26(32)23-7-6-21(35-23)13-30-18(5)25(27)17(4)29-30/h6-12H,13H2,1-5H3,(H,28,32). The lowest BCUT2D eigenvalue weighted by Crippen LogP contribution is -2.11. The number of aryl methyl sites for hydroxylation is 3. The molecular weight excluding hydrogens is 528 g/mol. The van der Waals surface area contributed by atoms with E-state index in [-0.39, 0.29) is 22.9 Å². The zero-order valence-corrected chi connectivity index (χ0v) is 22.1. The Morgan fingerprint density at radius 1 is 1.14 bits per heavy atom. The van der Waals surface area contributed by atoms with E-state index in [2.05, 4.69) is 26.3 Å². The van der Waals surface area contributed by atoms with E-state index in [1.807, 2.05) is 46.8 Å². The predicted octanol–water partition coefficient (Wildman–Crippen LogP) is 6.78. The molecule has 4 aromatic rings. The number of carbonyl (C=O) groups is 1. The van der Waals surface area contributed by atoms with Crippen LogP contribution in [-0.2, 0) is 6.54 Å². The summed E-state index contributed by atoms with van der Waals surface area (Å²) in [5.41, 5.74) is 4.79. The molecule has 2 aromatic carbocycles. The van der Waals surface area contributed by atoms with Gasteiger partial charge in [0.25, 0.3) is 11.6 Å². The molecule has 0 saturated carbocycles. The highest BCUT2D eigenvalue weighted by molar-refractivity contribution is 9.10. The average molecular weight is 553 g/mol. The van der Waals surface area contributed by atoms with Crippen LogP contribution in [0.4, 0.5) is 11.4 Å².